The Morgan fingerprint density at radius 3 is 2.33 bits per heavy atom. The second-order valence-electron chi connectivity index (χ2n) is 4.50. The van der Waals surface area contributed by atoms with Crippen LogP contribution in [-0.4, -0.2) is 28.6 Å². The third-order valence-electron chi connectivity index (χ3n) is 3.25. The van der Waals surface area contributed by atoms with E-state index in [9.17, 15) is 4.79 Å². The summed E-state index contributed by atoms with van der Waals surface area (Å²) in [6.45, 7) is 6.98. The summed E-state index contributed by atoms with van der Waals surface area (Å²) in [7, 11) is 0. The van der Waals surface area contributed by atoms with Crippen LogP contribution in [0.25, 0.3) is 0 Å². The van der Waals surface area contributed by atoms with Crippen LogP contribution in [0.3, 0.4) is 0 Å². The average Bonchev–Trinajstić information content (AvgIpc) is 2.29. The summed E-state index contributed by atoms with van der Waals surface area (Å²) in [6, 6.07) is 8.43. The molecule has 0 amide bonds. The maximum absolute atomic E-state index is 10.8. The zero-order valence-corrected chi connectivity index (χ0v) is 12.6. The Morgan fingerprint density at radius 2 is 1.89 bits per heavy atom. The van der Waals surface area contributed by atoms with Crippen molar-refractivity contribution in [3.05, 3.63) is 34.3 Å². The van der Waals surface area contributed by atoms with Crippen molar-refractivity contribution in [2.24, 2.45) is 0 Å². The van der Waals surface area contributed by atoms with Gasteiger partial charge in [0.2, 0.25) is 0 Å². The summed E-state index contributed by atoms with van der Waals surface area (Å²) in [6.07, 6.45) is 0.175. The summed E-state index contributed by atoms with van der Waals surface area (Å²) in [4.78, 5) is 13.0. The number of rotatable bonds is 6. The van der Waals surface area contributed by atoms with Gasteiger partial charge in [0.1, 0.15) is 0 Å². The van der Waals surface area contributed by atoms with Crippen LogP contribution in [0.5, 0.6) is 0 Å². The number of nitrogens with zero attached hydrogens (tertiary/aromatic N) is 1. The maximum Gasteiger partial charge on any atom is 0.304 e. The van der Waals surface area contributed by atoms with Crippen LogP contribution in [0.4, 0.5) is 0 Å². The number of carboxylic acid groups (broad SMARTS) is 1. The fraction of sp³-hybridized carbons (Fsp3) is 0.500. The minimum atomic E-state index is -0.746. The van der Waals surface area contributed by atoms with Gasteiger partial charge in [0, 0.05) is 16.6 Å². The van der Waals surface area contributed by atoms with Crippen LogP contribution in [0, 0.1) is 0 Å². The van der Waals surface area contributed by atoms with Gasteiger partial charge in [-0.3, -0.25) is 9.69 Å². The molecule has 1 rings (SSSR count). The molecule has 18 heavy (non-hydrogen) atoms. The van der Waals surface area contributed by atoms with Gasteiger partial charge in [0.25, 0.3) is 0 Å². The van der Waals surface area contributed by atoms with E-state index in [1.807, 2.05) is 19.1 Å². The lowest BCUT2D eigenvalue weighted by Gasteiger charge is -2.33. The third kappa shape index (κ3) is 4.10. The molecule has 0 aromatic heterocycles. The molecule has 0 spiro atoms. The summed E-state index contributed by atoms with van der Waals surface area (Å²) >= 11 is 3.42. The highest BCUT2D eigenvalue weighted by molar-refractivity contribution is 9.10. The number of hydrogen-bond donors (Lipinski definition) is 1. The summed E-state index contributed by atoms with van der Waals surface area (Å²) in [5.41, 5.74) is 1.21. The van der Waals surface area contributed by atoms with Crippen molar-refractivity contribution >= 4 is 21.9 Å². The van der Waals surface area contributed by atoms with Crippen LogP contribution in [0.1, 0.15) is 38.8 Å². The molecular formula is C14H20BrNO2. The van der Waals surface area contributed by atoms with Gasteiger partial charge in [0.15, 0.2) is 0 Å². The zero-order valence-electron chi connectivity index (χ0n) is 11.1. The summed E-state index contributed by atoms with van der Waals surface area (Å²) in [5, 5.41) is 8.88. The Morgan fingerprint density at radius 1 is 1.33 bits per heavy atom. The van der Waals surface area contributed by atoms with Crippen molar-refractivity contribution in [2.75, 3.05) is 6.54 Å². The van der Waals surface area contributed by atoms with Crippen LogP contribution in [0.15, 0.2) is 28.7 Å². The standard InChI is InChI=1S/C14H20BrNO2/c1-4-16(10(2)9-14(17)18)11(3)12-5-7-13(15)8-6-12/h5-8,10-11H,4,9H2,1-3H3,(H,17,18). The van der Waals surface area contributed by atoms with Crippen LogP contribution >= 0.6 is 15.9 Å². The Kier molecular flexibility index (Phi) is 5.82. The van der Waals surface area contributed by atoms with Gasteiger partial charge in [-0.25, -0.2) is 0 Å². The molecule has 0 heterocycles. The van der Waals surface area contributed by atoms with Crippen LogP contribution in [0.2, 0.25) is 0 Å². The smallest absolute Gasteiger partial charge is 0.304 e. The fourth-order valence-electron chi connectivity index (χ4n) is 2.27. The Bertz CT molecular complexity index is 391. The Balaban J connectivity index is 2.81. The molecule has 2 unspecified atom stereocenters. The number of hydrogen-bond acceptors (Lipinski definition) is 2. The molecule has 1 N–H and O–H groups in total. The molecule has 1 aromatic carbocycles. The largest absolute Gasteiger partial charge is 0.481 e. The van der Waals surface area contributed by atoms with Crippen molar-refractivity contribution in [3.63, 3.8) is 0 Å². The molecule has 2 atom stereocenters. The van der Waals surface area contributed by atoms with Gasteiger partial charge < -0.3 is 5.11 Å². The fourth-order valence-corrected chi connectivity index (χ4v) is 2.53. The highest BCUT2D eigenvalue weighted by atomic mass is 79.9. The number of carboxylic acids is 1. The van der Waals surface area contributed by atoms with E-state index in [2.05, 4.69) is 46.8 Å². The second kappa shape index (κ2) is 6.90. The van der Waals surface area contributed by atoms with Gasteiger partial charge in [-0.05, 0) is 38.1 Å². The molecule has 0 radical (unpaired) electrons. The molecule has 100 valence electrons. The van der Waals surface area contributed by atoms with Gasteiger partial charge in [-0.2, -0.15) is 0 Å². The van der Waals surface area contributed by atoms with Gasteiger partial charge in [-0.1, -0.05) is 35.0 Å². The van der Waals surface area contributed by atoms with Crippen LogP contribution in [-0.2, 0) is 4.79 Å². The van der Waals surface area contributed by atoms with E-state index in [4.69, 9.17) is 5.11 Å². The highest BCUT2D eigenvalue weighted by Gasteiger charge is 2.21. The molecule has 1 aromatic rings. The SMILES string of the molecule is CCN(C(C)CC(=O)O)C(C)c1ccc(Br)cc1. The molecule has 4 heteroatoms. The van der Waals surface area contributed by atoms with Crippen molar-refractivity contribution in [1.82, 2.24) is 4.90 Å². The topological polar surface area (TPSA) is 40.5 Å². The molecule has 0 aliphatic rings. The van der Waals surface area contributed by atoms with Crippen molar-refractivity contribution in [3.8, 4) is 0 Å². The summed E-state index contributed by atoms with van der Waals surface area (Å²) in [5.74, 6) is -0.746. The Hall–Kier alpha value is -0.870. The summed E-state index contributed by atoms with van der Waals surface area (Å²) < 4.78 is 1.06. The monoisotopic (exact) mass is 313 g/mol. The van der Waals surface area contributed by atoms with E-state index in [1.54, 1.807) is 0 Å². The maximum atomic E-state index is 10.8. The Labute approximate surface area is 117 Å². The van der Waals surface area contributed by atoms with Crippen molar-refractivity contribution in [2.45, 2.75) is 39.3 Å². The number of halogens is 1. The molecule has 0 fully saturated rings. The number of benzene rings is 1. The van der Waals surface area contributed by atoms with Gasteiger partial charge >= 0.3 is 5.97 Å². The van der Waals surface area contributed by atoms with E-state index < -0.39 is 5.97 Å². The van der Waals surface area contributed by atoms with E-state index in [0.717, 1.165) is 11.0 Å². The van der Waals surface area contributed by atoms with Gasteiger partial charge in [-0.15, -0.1) is 0 Å². The third-order valence-corrected chi connectivity index (χ3v) is 3.78. The lowest BCUT2D eigenvalue weighted by Crippen LogP contribution is -2.36. The van der Waals surface area contributed by atoms with E-state index >= 15 is 0 Å². The highest BCUT2D eigenvalue weighted by Crippen LogP contribution is 2.24. The molecule has 0 aliphatic heterocycles. The first-order valence-corrected chi connectivity index (χ1v) is 6.98. The minimum absolute atomic E-state index is 0.0335. The molecule has 0 aliphatic carbocycles. The quantitative estimate of drug-likeness (QED) is 0.870. The van der Waals surface area contributed by atoms with E-state index in [-0.39, 0.29) is 18.5 Å². The first-order valence-electron chi connectivity index (χ1n) is 6.18. The normalized spacial score (nSPS) is 14.5. The molecular weight excluding hydrogens is 294 g/mol. The average molecular weight is 314 g/mol. The second-order valence-corrected chi connectivity index (χ2v) is 5.42. The van der Waals surface area contributed by atoms with Crippen LogP contribution < -0.4 is 0 Å². The lowest BCUT2D eigenvalue weighted by molar-refractivity contribution is -0.138. The molecule has 0 bridgehead atoms. The molecule has 0 saturated carbocycles. The van der Waals surface area contributed by atoms with Gasteiger partial charge in [0.05, 0.1) is 6.42 Å². The number of aliphatic carboxylic acids is 1. The van der Waals surface area contributed by atoms with E-state index in [1.165, 1.54) is 5.56 Å². The van der Waals surface area contributed by atoms with Crippen molar-refractivity contribution < 1.29 is 9.90 Å². The lowest BCUT2D eigenvalue weighted by atomic mass is 10.0. The first-order chi connectivity index (χ1) is 8.45. The van der Waals surface area contributed by atoms with E-state index in [0.29, 0.717) is 0 Å². The predicted octanol–water partition coefficient (Wildman–Crippen LogP) is 3.70. The molecule has 3 nitrogen and oxygen atoms in total. The zero-order chi connectivity index (χ0) is 13.7. The number of carbonyl (C=O) groups is 1. The minimum Gasteiger partial charge on any atom is -0.481 e. The van der Waals surface area contributed by atoms with Crippen molar-refractivity contribution in [1.29, 1.82) is 0 Å². The first kappa shape index (κ1) is 15.2. The molecule has 0 saturated heterocycles. The predicted molar refractivity (Wildman–Crippen MR) is 76.7 cm³/mol.